The van der Waals surface area contributed by atoms with Crippen LogP contribution in [0.3, 0.4) is 0 Å². The molecule has 0 saturated heterocycles. The Morgan fingerprint density at radius 1 is 1.17 bits per heavy atom. The molecule has 0 saturated carbocycles. The molecular weight excluding hydrogens is 444 g/mol. The number of carbonyl (C=O) groups excluding carboxylic acids is 2. The minimum absolute atomic E-state index is 0.120. The van der Waals surface area contributed by atoms with E-state index in [1.54, 1.807) is 11.8 Å². The third-order valence-corrected chi connectivity index (χ3v) is 5.43. The second-order valence-corrected chi connectivity index (χ2v) is 8.45. The largest absolute Gasteiger partial charge is 0.483 e. The molecular formula is C24H31BrN2O3. The molecule has 0 aliphatic rings. The van der Waals surface area contributed by atoms with Crippen LogP contribution in [0.4, 0.5) is 0 Å². The van der Waals surface area contributed by atoms with E-state index in [0.29, 0.717) is 18.8 Å². The molecule has 2 rings (SSSR count). The first-order valence-corrected chi connectivity index (χ1v) is 11.1. The molecule has 2 amide bonds. The molecule has 0 aliphatic heterocycles. The van der Waals surface area contributed by atoms with Gasteiger partial charge in [-0.25, -0.2) is 0 Å². The van der Waals surface area contributed by atoms with Gasteiger partial charge in [-0.05, 0) is 62.1 Å². The van der Waals surface area contributed by atoms with Crippen molar-refractivity contribution in [2.24, 2.45) is 0 Å². The van der Waals surface area contributed by atoms with Crippen molar-refractivity contribution in [3.63, 3.8) is 0 Å². The highest BCUT2D eigenvalue weighted by Crippen LogP contribution is 2.20. The molecule has 6 heteroatoms. The number of nitrogens with one attached hydrogen (secondary N) is 1. The standard InChI is InChI=1S/C24H31BrN2O3/c1-5-6-12-26-24(29)19(4)27(15-20-8-7-9-21(25)14-20)23(28)16-30-22-13-17(2)10-11-18(22)3/h7-11,13-14,19H,5-6,12,15-16H2,1-4H3,(H,26,29)/t19-/m0/s1. The topological polar surface area (TPSA) is 58.6 Å². The quantitative estimate of drug-likeness (QED) is 0.504. The van der Waals surface area contributed by atoms with Crippen molar-refractivity contribution in [2.75, 3.05) is 13.2 Å². The molecule has 0 unspecified atom stereocenters. The van der Waals surface area contributed by atoms with Crippen molar-refractivity contribution in [3.05, 3.63) is 63.6 Å². The van der Waals surface area contributed by atoms with Crippen LogP contribution in [0.15, 0.2) is 46.9 Å². The number of amides is 2. The Balaban J connectivity index is 2.15. The average Bonchev–Trinajstić information content (AvgIpc) is 2.72. The predicted octanol–water partition coefficient (Wildman–Crippen LogP) is 4.78. The summed E-state index contributed by atoms with van der Waals surface area (Å²) in [4.78, 5) is 27.3. The highest BCUT2D eigenvalue weighted by atomic mass is 79.9. The zero-order valence-electron chi connectivity index (χ0n) is 18.2. The smallest absolute Gasteiger partial charge is 0.261 e. The van der Waals surface area contributed by atoms with Crippen LogP contribution in [-0.4, -0.2) is 35.9 Å². The lowest BCUT2D eigenvalue weighted by Gasteiger charge is -2.29. The van der Waals surface area contributed by atoms with E-state index in [2.05, 4.69) is 28.2 Å². The van der Waals surface area contributed by atoms with Gasteiger partial charge in [-0.1, -0.05) is 53.5 Å². The van der Waals surface area contributed by atoms with Crippen LogP contribution in [0.2, 0.25) is 0 Å². The summed E-state index contributed by atoms with van der Waals surface area (Å²) in [5.74, 6) is 0.304. The molecule has 2 aromatic carbocycles. The zero-order chi connectivity index (χ0) is 22.1. The van der Waals surface area contributed by atoms with Crippen molar-refractivity contribution < 1.29 is 14.3 Å². The number of unbranched alkanes of at least 4 members (excludes halogenated alkanes) is 1. The van der Waals surface area contributed by atoms with Crippen LogP contribution < -0.4 is 10.1 Å². The van der Waals surface area contributed by atoms with Gasteiger partial charge in [-0.3, -0.25) is 9.59 Å². The third kappa shape index (κ3) is 7.17. The SMILES string of the molecule is CCCCNC(=O)[C@H](C)N(Cc1cccc(Br)c1)C(=O)COc1cc(C)ccc1C. The zero-order valence-corrected chi connectivity index (χ0v) is 19.8. The Bertz CT molecular complexity index is 869. The first-order chi connectivity index (χ1) is 14.3. The maximum Gasteiger partial charge on any atom is 0.261 e. The molecule has 162 valence electrons. The second-order valence-electron chi connectivity index (χ2n) is 7.53. The van der Waals surface area contributed by atoms with E-state index in [1.165, 1.54) is 0 Å². The first kappa shape index (κ1) is 23.9. The van der Waals surface area contributed by atoms with Crippen LogP contribution in [0.1, 0.15) is 43.4 Å². The monoisotopic (exact) mass is 474 g/mol. The molecule has 0 heterocycles. The molecule has 0 aliphatic carbocycles. The summed E-state index contributed by atoms with van der Waals surface area (Å²) in [5, 5.41) is 2.92. The van der Waals surface area contributed by atoms with E-state index >= 15 is 0 Å². The summed E-state index contributed by atoms with van der Waals surface area (Å²) in [7, 11) is 0. The fraction of sp³-hybridized carbons (Fsp3) is 0.417. The Kier molecular flexibility index (Phi) is 9.37. The van der Waals surface area contributed by atoms with Gasteiger partial charge in [-0.2, -0.15) is 0 Å². The highest BCUT2D eigenvalue weighted by molar-refractivity contribution is 9.10. The van der Waals surface area contributed by atoms with Gasteiger partial charge in [0, 0.05) is 17.6 Å². The Morgan fingerprint density at radius 3 is 2.63 bits per heavy atom. The van der Waals surface area contributed by atoms with E-state index in [4.69, 9.17) is 4.74 Å². The minimum Gasteiger partial charge on any atom is -0.483 e. The van der Waals surface area contributed by atoms with Crippen molar-refractivity contribution in [3.8, 4) is 5.75 Å². The molecule has 0 radical (unpaired) electrons. The number of ether oxygens (including phenoxy) is 1. The normalized spacial score (nSPS) is 11.6. The fourth-order valence-electron chi connectivity index (χ4n) is 3.04. The number of benzene rings is 2. The van der Waals surface area contributed by atoms with Crippen LogP contribution >= 0.6 is 15.9 Å². The average molecular weight is 475 g/mol. The Labute approximate surface area is 187 Å². The lowest BCUT2D eigenvalue weighted by Crippen LogP contribution is -2.49. The molecule has 1 N–H and O–H groups in total. The molecule has 0 fully saturated rings. The van der Waals surface area contributed by atoms with Crippen molar-refractivity contribution in [2.45, 2.75) is 53.1 Å². The predicted molar refractivity (Wildman–Crippen MR) is 123 cm³/mol. The first-order valence-electron chi connectivity index (χ1n) is 10.3. The number of rotatable bonds is 10. The van der Waals surface area contributed by atoms with Crippen LogP contribution in [-0.2, 0) is 16.1 Å². The lowest BCUT2D eigenvalue weighted by atomic mass is 10.1. The lowest BCUT2D eigenvalue weighted by molar-refractivity contribution is -0.142. The summed E-state index contributed by atoms with van der Waals surface area (Å²) in [6.45, 7) is 8.58. The third-order valence-electron chi connectivity index (χ3n) is 4.93. The fourth-order valence-corrected chi connectivity index (χ4v) is 3.48. The van der Waals surface area contributed by atoms with Crippen molar-refractivity contribution >= 4 is 27.7 Å². The van der Waals surface area contributed by atoms with E-state index < -0.39 is 6.04 Å². The summed E-state index contributed by atoms with van der Waals surface area (Å²) in [6.07, 6.45) is 1.91. The van der Waals surface area contributed by atoms with E-state index in [0.717, 1.165) is 34.0 Å². The number of nitrogens with zero attached hydrogens (tertiary/aromatic N) is 1. The Hall–Kier alpha value is -2.34. The van der Waals surface area contributed by atoms with E-state index in [9.17, 15) is 9.59 Å². The molecule has 0 aromatic heterocycles. The second kappa shape index (κ2) is 11.7. The minimum atomic E-state index is -0.601. The van der Waals surface area contributed by atoms with Gasteiger partial charge in [-0.15, -0.1) is 0 Å². The van der Waals surface area contributed by atoms with Gasteiger partial charge in [0.15, 0.2) is 6.61 Å². The maximum atomic E-state index is 13.1. The molecule has 2 aromatic rings. The van der Waals surface area contributed by atoms with Crippen LogP contribution in [0.5, 0.6) is 5.75 Å². The number of hydrogen-bond acceptors (Lipinski definition) is 3. The van der Waals surface area contributed by atoms with Gasteiger partial charge >= 0.3 is 0 Å². The van der Waals surface area contributed by atoms with Gasteiger partial charge in [0.1, 0.15) is 11.8 Å². The van der Waals surface area contributed by atoms with Gasteiger partial charge in [0.05, 0.1) is 0 Å². The van der Waals surface area contributed by atoms with E-state index in [1.807, 2.05) is 56.3 Å². The molecule has 0 spiro atoms. The summed E-state index contributed by atoms with van der Waals surface area (Å²) in [5.41, 5.74) is 2.98. The van der Waals surface area contributed by atoms with Crippen molar-refractivity contribution in [1.29, 1.82) is 0 Å². The van der Waals surface area contributed by atoms with Crippen LogP contribution in [0.25, 0.3) is 0 Å². The number of hydrogen-bond donors (Lipinski definition) is 1. The summed E-state index contributed by atoms with van der Waals surface area (Å²) >= 11 is 3.47. The molecule has 30 heavy (non-hydrogen) atoms. The number of halogens is 1. The molecule has 0 bridgehead atoms. The highest BCUT2D eigenvalue weighted by Gasteiger charge is 2.26. The Morgan fingerprint density at radius 2 is 1.93 bits per heavy atom. The molecule has 5 nitrogen and oxygen atoms in total. The van der Waals surface area contributed by atoms with Gasteiger partial charge < -0.3 is 15.0 Å². The number of carbonyl (C=O) groups is 2. The van der Waals surface area contributed by atoms with Gasteiger partial charge in [0.25, 0.3) is 5.91 Å². The van der Waals surface area contributed by atoms with E-state index in [-0.39, 0.29) is 18.4 Å². The summed E-state index contributed by atoms with van der Waals surface area (Å²) < 4.78 is 6.75. The maximum absolute atomic E-state index is 13.1. The van der Waals surface area contributed by atoms with Gasteiger partial charge in [0.2, 0.25) is 5.91 Å². The van der Waals surface area contributed by atoms with Crippen LogP contribution in [0, 0.1) is 13.8 Å². The number of aryl methyl sites for hydroxylation is 2. The molecule has 1 atom stereocenters. The van der Waals surface area contributed by atoms with Crippen molar-refractivity contribution in [1.82, 2.24) is 10.2 Å². The summed E-state index contributed by atoms with van der Waals surface area (Å²) in [6, 6.07) is 13.0.